The SMILES string of the molecule is CN(CCO)CC(=O)Nc1ccc(F)c(N)c1. The Morgan fingerprint density at radius 1 is 1.59 bits per heavy atom. The Kier molecular flexibility index (Phi) is 4.86. The number of nitrogens with one attached hydrogen (secondary N) is 1. The van der Waals surface area contributed by atoms with Crippen LogP contribution in [0.3, 0.4) is 0 Å². The third-order valence-corrected chi connectivity index (χ3v) is 2.18. The first kappa shape index (κ1) is 13.4. The summed E-state index contributed by atoms with van der Waals surface area (Å²) in [6, 6.07) is 4.00. The minimum Gasteiger partial charge on any atom is -0.396 e. The fraction of sp³-hybridized carbons (Fsp3) is 0.364. The highest BCUT2D eigenvalue weighted by atomic mass is 19.1. The lowest BCUT2D eigenvalue weighted by Gasteiger charge is -2.14. The van der Waals surface area contributed by atoms with Crippen molar-refractivity contribution in [2.75, 3.05) is 37.8 Å². The zero-order valence-electron chi connectivity index (χ0n) is 9.61. The summed E-state index contributed by atoms with van der Waals surface area (Å²) in [5, 5.41) is 11.3. The van der Waals surface area contributed by atoms with E-state index in [2.05, 4.69) is 5.32 Å². The zero-order chi connectivity index (χ0) is 12.8. The summed E-state index contributed by atoms with van der Waals surface area (Å²) in [6.45, 7) is 0.560. The highest BCUT2D eigenvalue weighted by molar-refractivity contribution is 5.92. The number of halogens is 1. The lowest BCUT2D eigenvalue weighted by molar-refractivity contribution is -0.117. The number of nitrogens with zero attached hydrogens (tertiary/aromatic N) is 1. The average Bonchev–Trinajstić information content (AvgIpc) is 2.23. The van der Waals surface area contributed by atoms with Crippen molar-refractivity contribution in [3.8, 4) is 0 Å². The lowest BCUT2D eigenvalue weighted by atomic mass is 10.2. The molecule has 5 nitrogen and oxygen atoms in total. The molecule has 0 spiro atoms. The van der Waals surface area contributed by atoms with Crippen LogP contribution in [-0.2, 0) is 4.79 Å². The molecule has 1 rings (SSSR count). The Bertz CT molecular complexity index is 398. The molecule has 0 saturated heterocycles. The van der Waals surface area contributed by atoms with Gasteiger partial charge in [0.25, 0.3) is 0 Å². The first-order valence-electron chi connectivity index (χ1n) is 5.17. The second kappa shape index (κ2) is 6.17. The average molecular weight is 241 g/mol. The molecule has 0 aliphatic rings. The molecule has 0 heterocycles. The van der Waals surface area contributed by atoms with Crippen LogP contribution in [0.4, 0.5) is 15.8 Å². The normalized spacial score (nSPS) is 10.6. The molecule has 1 aromatic carbocycles. The van der Waals surface area contributed by atoms with E-state index in [1.165, 1.54) is 18.2 Å². The van der Waals surface area contributed by atoms with E-state index in [0.717, 1.165) is 0 Å². The number of carbonyl (C=O) groups excluding carboxylic acids is 1. The molecular weight excluding hydrogens is 225 g/mol. The second-order valence-electron chi connectivity index (χ2n) is 3.75. The van der Waals surface area contributed by atoms with Crippen molar-refractivity contribution >= 4 is 17.3 Å². The van der Waals surface area contributed by atoms with Crippen molar-refractivity contribution in [2.45, 2.75) is 0 Å². The van der Waals surface area contributed by atoms with Crippen LogP contribution in [0.1, 0.15) is 0 Å². The number of aliphatic hydroxyl groups is 1. The fourth-order valence-corrected chi connectivity index (χ4v) is 1.32. The Balaban J connectivity index is 2.53. The number of rotatable bonds is 5. The number of benzene rings is 1. The molecule has 0 aliphatic carbocycles. The summed E-state index contributed by atoms with van der Waals surface area (Å²) < 4.78 is 12.9. The number of hydrogen-bond acceptors (Lipinski definition) is 4. The standard InChI is InChI=1S/C11H16FN3O2/c1-15(4-5-16)7-11(17)14-8-2-3-9(12)10(13)6-8/h2-3,6,16H,4-5,7,13H2,1H3,(H,14,17). The van der Waals surface area contributed by atoms with Gasteiger partial charge in [-0.05, 0) is 25.2 Å². The van der Waals surface area contributed by atoms with Gasteiger partial charge in [0, 0.05) is 12.2 Å². The molecule has 0 unspecified atom stereocenters. The largest absolute Gasteiger partial charge is 0.396 e. The van der Waals surface area contributed by atoms with Crippen molar-refractivity contribution in [2.24, 2.45) is 0 Å². The Hall–Kier alpha value is -1.66. The summed E-state index contributed by atoms with van der Waals surface area (Å²) in [5.74, 6) is -0.757. The Labute approximate surface area is 99.0 Å². The van der Waals surface area contributed by atoms with Gasteiger partial charge < -0.3 is 16.2 Å². The van der Waals surface area contributed by atoms with Crippen LogP contribution in [-0.4, -0.2) is 42.7 Å². The van der Waals surface area contributed by atoms with Crippen LogP contribution in [0.15, 0.2) is 18.2 Å². The van der Waals surface area contributed by atoms with Crippen LogP contribution in [0, 0.1) is 5.82 Å². The van der Waals surface area contributed by atoms with E-state index in [4.69, 9.17) is 10.8 Å². The quantitative estimate of drug-likeness (QED) is 0.647. The number of carbonyl (C=O) groups is 1. The molecule has 0 saturated carbocycles. The molecule has 0 bridgehead atoms. The van der Waals surface area contributed by atoms with E-state index in [1.807, 2.05) is 0 Å². The van der Waals surface area contributed by atoms with Gasteiger partial charge in [-0.15, -0.1) is 0 Å². The van der Waals surface area contributed by atoms with E-state index in [0.29, 0.717) is 12.2 Å². The highest BCUT2D eigenvalue weighted by Gasteiger charge is 2.07. The van der Waals surface area contributed by atoms with Crippen LogP contribution >= 0.6 is 0 Å². The number of nitrogen functional groups attached to an aromatic ring is 1. The third kappa shape index (κ3) is 4.38. The van der Waals surface area contributed by atoms with E-state index in [-0.39, 0.29) is 24.7 Å². The van der Waals surface area contributed by atoms with E-state index in [9.17, 15) is 9.18 Å². The fourth-order valence-electron chi connectivity index (χ4n) is 1.32. The van der Waals surface area contributed by atoms with Crippen LogP contribution in [0.2, 0.25) is 0 Å². The summed E-state index contributed by atoms with van der Waals surface area (Å²) in [7, 11) is 1.72. The van der Waals surface area contributed by atoms with E-state index < -0.39 is 5.82 Å². The first-order chi connectivity index (χ1) is 8.02. The molecular formula is C11H16FN3O2. The maximum absolute atomic E-state index is 12.9. The summed E-state index contributed by atoms with van der Waals surface area (Å²) in [4.78, 5) is 13.2. The van der Waals surface area contributed by atoms with Gasteiger partial charge in [0.15, 0.2) is 0 Å². The van der Waals surface area contributed by atoms with E-state index >= 15 is 0 Å². The number of hydrogen-bond donors (Lipinski definition) is 3. The maximum Gasteiger partial charge on any atom is 0.238 e. The van der Waals surface area contributed by atoms with Gasteiger partial charge >= 0.3 is 0 Å². The molecule has 17 heavy (non-hydrogen) atoms. The molecule has 4 N–H and O–H groups in total. The van der Waals surface area contributed by atoms with Gasteiger partial charge in [0.05, 0.1) is 18.8 Å². The molecule has 0 aromatic heterocycles. The van der Waals surface area contributed by atoms with Crippen molar-refractivity contribution < 1.29 is 14.3 Å². The monoisotopic (exact) mass is 241 g/mol. The van der Waals surface area contributed by atoms with Crippen molar-refractivity contribution in [1.82, 2.24) is 4.90 Å². The maximum atomic E-state index is 12.9. The van der Waals surface area contributed by atoms with Gasteiger partial charge in [0.1, 0.15) is 5.82 Å². The van der Waals surface area contributed by atoms with Crippen molar-refractivity contribution in [1.29, 1.82) is 0 Å². The zero-order valence-corrected chi connectivity index (χ0v) is 9.61. The molecule has 0 aliphatic heterocycles. The summed E-state index contributed by atoms with van der Waals surface area (Å²) in [6.07, 6.45) is 0. The number of anilines is 2. The molecule has 1 amide bonds. The predicted molar refractivity (Wildman–Crippen MR) is 64.0 cm³/mol. The lowest BCUT2D eigenvalue weighted by Crippen LogP contribution is -2.32. The van der Waals surface area contributed by atoms with Crippen molar-refractivity contribution in [3.05, 3.63) is 24.0 Å². The van der Waals surface area contributed by atoms with E-state index in [1.54, 1.807) is 11.9 Å². The van der Waals surface area contributed by atoms with Gasteiger partial charge in [-0.1, -0.05) is 0 Å². The number of nitrogens with two attached hydrogens (primary N) is 1. The Morgan fingerprint density at radius 3 is 2.88 bits per heavy atom. The molecule has 0 radical (unpaired) electrons. The van der Waals surface area contributed by atoms with Crippen LogP contribution in [0.25, 0.3) is 0 Å². The minimum absolute atomic E-state index is 0.00667. The number of amides is 1. The smallest absolute Gasteiger partial charge is 0.238 e. The minimum atomic E-state index is -0.514. The second-order valence-corrected chi connectivity index (χ2v) is 3.75. The van der Waals surface area contributed by atoms with Crippen LogP contribution < -0.4 is 11.1 Å². The third-order valence-electron chi connectivity index (χ3n) is 2.18. The molecule has 1 aromatic rings. The van der Waals surface area contributed by atoms with Gasteiger partial charge in [0.2, 0.25) is 5.91 Å². The molecule has 0 fully saturated rings. The molecule has 0 atom stereocenters. The molecule has 6 heteroatoms. The van der Waals surface area contributed by atoms with Gasteiger partial charge in [-0.25, -0.2) is 4.39 Å². The summed E-state index contributed by atoms with van der Waals surface area (Å²) in [5.41, 5.74) is 5.82. The molecule has 94 valence electrons. The van der Waals surface area contributed by atoms with Gasteiger partial charge in [-0.2, -0.15) is 0 Å². The highest BCUT2D eigenvalue weighted by Crippen LogP contribution is 2.16. The first-order valence-corrected chi connectivity index (χ1v) is 5.17. The Morgan fingerprint density at radius 2 is 2.29 bits per heavy atom. The van der Waals surface area contributed by atoms with Gasteiger partial charge in [-0.3, -0.25) is 9.69 Å². The number of likely N-dealkylation sites (N-methyl/N-ethyl adjacent to an activating group) is 1. The summed E-state index contributed by atoms with van der Waals surface area (Å²) >= 11 is 0. The van der Waals surface area contributed by atoms with Crippen molar-refractivity contribution in [3.63, 3.8) is 0 Å². The van der Waals surface area contributed by atoms with Crippen LogP contribution in [0.5, 0.6) is 0 Å². The topological polar surface area (TPSA) is 78.6 Å². The number of aliphatic hydroxyl groups excluding tert-OH is 1. The predicted octanol–water partition coefficient (Wildman–Crippen LogP) is 0.270.